The number of morpholine rings is 1. The number of urea groups is 1. The van der Waals surface area contributed by atoms with E-state index in [1.807, 2.05) is 11.0 Å². The minimum atomic E-state index is 0.0806. The van der Waals surface area contributed by atoms with E-state index in [4.69, 9.17) is 4.74 Å². The van der Waals surface area contributed by atoms with Crippen molar-refractivity contribution in [3.05, 3.63) is 35.9 Å². The predicted molar refractivity (Wildman–Crippen MR) is 88.1 cm³/mol. The molecule has 1 N–H and O–H groups in total. The van der Waals surface area contributed by atoms with Gasteiger partial charge in [0.2, 0.25) is 0 Å². The van der Waals surface area contributed by atoms with E-state index in [-0.39, 0.29) is 12.1 Å². The van der Waals surface area contributed by atoms with Gasteiger partial charge in [0, 0.05) is 25.7 Å². The number of hydrogen-bond donors (Lipinski definition) is 1. The number of likely N-dealkylation sites (tertiary alicyclic amines) is 1. The lowest BCUT2D eigenvalue weighted by molar-refractivity contribution is -0.0503. The van der Waals surface area contributed by atoms with Crippen molar-refractivity contribution in [2.24, 2.45) is 5.92 Å². The molecule has 3 fully saturated rings. The molecule has 124 valence electrons. The first-order valence-electron chi connectivity index (χ1n) is 8.66. The Morgan fingerprint density at radius 1 is 1.30 bits per heavy atom. The van der Waals surface area contributed by atoms with Crippen LogP contribution in [0.1, 0.15) is 18.9 Å². The zero-order valence-electron chi connectivity index (χ0n) is 13.6. The summed E-state index contributed by atoms with van der Waals surface area (Å²) >= 11 is 0. The van der Waals surface area contributed by atoms with Crippen LogP contribution in [0.4, 0.5) is 4.79 Å². The van der Waals surface area contributed by atoms with Gasteiger partial charge in [-0.15, -0.1) is 0 Å². The summed E-state index contributed by atoms with van der Waals surface area (Å²) in [6.07, 6.45) is 1.26. The molecule has 0 bridgehead atoms. The quantitative estimate of drug-likeness (QED) is 0.923. The molecule has 4 atom stereocenters. The lowest BCUT2D eigenvalue weighted by Crippen LogP contribution is -2.50. The average molecular weight is 315 g/mol. The van der Waals surface area contributed by atoms with Crippen molar-refractivity contribution in [3.8, 4) is 0 Å². The van der Waals surface area contributed by atoms with Crippen LogP contribution in [0, 0.1) is 5.92 Å². The maximum absolute atomic E-state index is 12.4. The number of carbonyl (C=O) groups excluding carboxylic acids is 1. The molecule has 1 saturated carbocycles. The number of nitrogens with one attached hydrogen (secondary N) is 1. The highest BCUT2D eigenvalue weighted by molar-refractivity contribution is 5.75. The van der Waals surface area contributed by atoms with Crippen molar-refractivity contribution in [3.63, 3.8) is 0 Å². The first-order valence-corrected chi connectivity index (χ1v) is 8.66. The maximum atomic E-state index is 12.4. The number of nitrogens with zero attached hydrogens (tertiary/aromatic N) is 2. The summed E-state index contributed by atoms with van der Waals surface area (Å²) in [6.45, 7) is 6.28. The van der Waals surface area contributed by atoms with Gasteiger partial charge in [-0.1, -0.05) is 37.3 Å². The molecule has 3 aliphatic rings. The van der Waals surface area contributed by atoms with Gasteiger partial charge in [-0.2, -0.15) is 0 Å². The fraction of sp³-hybridized carbons (Fsp3) is 0.611. The standard InChI is InChI=1S/C18H25N3O2/c1-13-9-15(13)19-18(22)21-11-16-17(12-21)23-8-7-20(16)10-14-5-3-2-4-6-14/h2-6,13,15-17H,7-12H2,1H3,(H,19,22)/t13-,15+,16+,17-/m1/s1. The second-order valence-electron chi connectivity index (χ2n) is 7.11. The van der Waals surface area contributed by atoms with Gasteiger partial charge < -0.3 is 15.0 Å². The van der Waals surface area contributed by atoms with Crippen LogP contribution in [0.3, 0.4) is 0 Å². The summed E-state index contributed by atoms with van der Waals surface area (Å²) in [5, 5.41) is 3.13. The summed E-state index contributed by atoms with van der Waals surface area (Å²) in [7, 11) is 0. The maximum Gasteiger partial charge on any atom is 0.317 e. The van der Waals surface area contributed by atoms with E-state index < -0.39 is 0 Å². The third-order valence-corrected chi connectivity index (χ3v) is 5.35. The van der Waals surface area contributed by atoms with Crippen LogP contribution in [0.15, 0.2) is 30.3 Å². The molecular formula is C18H25N3O2. The van der Waals surface area contributed by atoms with Gasteiger partial charge in [-0.3, -0.25) is 4.90 Å². The zero-order valence-corrected chi connectivity index (χ0v) is 13.6. The van der Waals surface area contributed by atoms with Crippen LogP contribution in [-0.4, -0.2) is 60.3 Å². The first-order chi connectivity index (χ1) is 11.2. The molecule has 5 nitrogen and oxygen atoms in total. The van der Waals surface area contributed by atoms with Gasteiger partial charge in [0.25, 0.3) is 0 Å². The van der Waals surface area contributed by atoms with Crippen molar-refractivity contribution >= 4 is 6.03 Å². The molecule has 0 radical (unpaired) electrons. The van der Waals surface area contributed by atoms with E-state index in [1.54, 1.807) is 0 Å². The molecule has 2 aliphatic heterocycles. The van der Waals surface area contributed by atoms with Gasteiger partial charge in [0.05, 0.1) is 25.3 Å². The van der Waals surface area contributed by atoms with Crippen molar-refractivity contribution in [2.75, 3.05) is 26.2 Å². The molecule has 2 amide bonds. The third-order valence-electron chi connectivity index (χ3n) is 5.35. The number of fused-ring (bicyclic) bond motifs is 1. The Balaban J connectivity index is 1.39. The number of amides is 2. The van der Waals surface area contributed by atoms with Crippen LogP contribution in [0.5, 0.6) is 0 Å². The highest BCUT2D eigenvalue weighted by Gasteiger charge is 2.43. The van der Waals surface area contributed by atoms with Gasteiger partial charge >= 0.3 is 6.03 Å². The topological polar surface area (TPSA) is 44.8 Å². The summed E-state index contributed by atoms with van der Waals surface area (Å²) in [4.78, 5) is 16.8. The largest absolute Gasteiger partial charge is 0.373 e. The minimum absolute atomic E-state index is 0.0806. The van der Waals surface area contributed by atoms with Crippen molar-refractivity contribution in [1.29, 1.82) is 0 Å². The van der Waals surface area contributed by atoms with E-state index in [0.29, 0.717) is 24.5 Å². The van der Waals surface area contributed by atoms with E-state index in [2.05, 4.69) is 41.4 Å². The molecule has 23 heavy (non-hydrogen) atoms. The average Bonchev–Trinajstić information content (AvgIpc) is 3.08. The lowest BCUT2D eigenvalue weighted by Gasteiger charge is -2.36. The Hall–Kier alpha value is -1.59. The Morgan fingerprint density at radius 2 is 2.09 bits per heavy atom. The monoisotopic (exact) mass is 315 g/mol. The Bertz CT molecular complexity index is 565. The van der Waals surface area contributed by atoms with Crippen LogP contribution < -0.4 is 5.32 Å². The first kappa shape index (κ1) is 15.0. The molecular weight excluding hydrogens is 290 g/mol. The van der Waals surface area contributed by atoms with Crippen LogP contribution in [0.25, 0.3) is 0 Å². The molecule has 1 aromatic rings. The molecule has 0 unspecified atom stereocenters. The van der Waals surface area contributed by atoms with E-state index in [1.165, 1.54) is 5.56 Å². The molecule has 1 aromatic carbocycles. The number of hydrogen-bond acceptors (Lipinski definition) is 3. The zero-order chi connectivity index (χ0) is 15.8. The van der Waals surface area contributed by atoms with E-state index in [9.17, 15) is 4.79 Å². The molecule has 2 heterocycles. The van der Waals surface area contributed by atoms with Crippen molar-refractivity contribution < 1.29 is 9.53 Å². The summed E-state index contributed by atoms with van der Waals surface area (Å²) in [5.41, 5.74) is 1.32. The number of carbonyl (C=O) groups is 1. The minimum Gasteiger partial charge on any atom is -0.373 e. The normalized spacial score (nSPS) is 33.3. The Morgan fingerprint density at radius 3 is 2.83 bits per heavy atom. The second-order valence-corrected chi connectivity index (χ2v) is 7.11. The smallest absolute Gasteiger partial charge is 0.317 e. The van der Waals surface area contributed by atoms with Gasteiger partial charge in [0.15, 0.2) is 0 Å². The number of ether oxygens (including phenoxy) is 1. The van der Waals surface area contributed by atoms with E-state index in [0.717, 1.165) is 32.7 Å². The van der Waals surface area contributed by atoms with E-state index >= 15 is 0 Å². The molecule has 2 saturated heterocycles. The molecule has 1 aliphatic carbocycles. The Labute approximate surface area is 137 Å². The summed E-state index contributed by atoms with van der Waals surface area (Å²) in [6, 6.07) is 11.3. The van der Waals surface area contributed by atoms with Gasteiger partial charge in [-0.05, 0) is 17.9 Å². The fourth-order valence-electron chi connectivity index (χ4n) is 3.71. The van der Waals surface area contributed by atoms with Gasteiger partial charge in [-0.25, -0.2) is 4.79 Å². The number of rotatable bonds is 3. The summed E-state index contributed by atoms with van der Waals surface area (Å²) in [5.74, 6) is 0.634. The van der Waals surface area contributed by atoms with Crippen molar-refractivity contribution in [2.45, 2.75) is 38.1 Å². The summed E-state index contributed by atoms with van der Waals surface area (Å²) < 4.78 is 5.93. The molecule has 0 spiro atoms. The second kappa shape index (κ2) is 6.13. The van der Waals surface area contributed by atoms with Crippen LogP contribution >= 0.6 is 0 Å². The SMILES string of the molecule is C[C@@H]1C[C@@H]1NC(=O)N1C[C@H]2OCCN(Cc3ccccc3)[C@H]2C1. The number of benzene rings is 1. The lowest BCUT2D eigenvalue weighted by atomic mass is 10.1. The molecule has 5 heteroatoms. The predicted octanol–water partition coefficient (Wildman–Crippen LogP) is 1.69. The highest BCUT2D eigenvalue weighted by atomic mass is 16.5. The third kappa shape index (κ3) is 3.21. The Kier molecular flexibility index (Phi) is 3.99. The molecule has 4 rings (SSSR count). The van der Waals surface area contributed by atoms with Crippen molar-refractivity contribution in [1.82, 2.24) is 15.1 Å². The van der Waals surface area contributed by atoms with Crippen LogP contribution in [0.2, 0.25) is 0 Å². The van der Waals surface area contributed by atoms with Gasteiger partial charge in [0.1, 0.15) is 0 Å². The highest BCUT2D eigenvalue weighted by Crippen LogP contribution is 2.30. The van der Waals surface area contributed by atoms with Crippen LogP contribution in [-0.2, 0) is 11.3 Å². The molecule has 0 aromatic heterocycles. The fourth-order valence-corrected chi connectivity index (χ4v) is 3.71.